The minimum absolute atomic E-state index is 0.255. The smallest absolute Gasteiger partial charge is 0.259 e. The van der Waals surface area contributed by atoms with Crippen LogP contribution in [0.25, 0.3) is 0 Å². The number of amides is 1. The van der Waals surface area contributed by atoms with Crippen molar-refractivity contribution < 1.29 is 9.32 Å². The van der Waals surface area contributed by atoms with Crippen LogP contribution >= 0.6 is 31.9 Å². The summed E-state index contributed by atoms with van der Waals surface area (Å²) in [5, 5.41) is 6.32. The molecule has 88 valence electrons. The molecule has 1 aromatic heterocycles. The van der Waals surface area contributed by atoms with Gasteiger partial charge in [-0.2, -0.15) is 0 Å². The summed E-state index contributed by atoms with van der Waals surface area (Å²) in [6.45, 7) is 1.79. The Hall–Kier alpha value is -1.14. The van der Waals surface area contributed by atoms with E-state index in [0.717, 1.165) is 8.95 Å². The molecule has 0 saturated heterocycles. The number of rotatable bonds is 2. The molecule has 2 aromatic rings. The Bertz CT molecular complexity index is 566. The van der Waals surface area contributed by atoms with Gasteiger partial charge in [0.15, 0.2) is 0 Å². The summed E-state index contributed by atoms with van der Waals surface area (Å²) >= 11 is 6.64. The fourth-order valence-electron chi connectivity index (χ4n) is 1.27. The lowest BCUT2D eigenvalue weighted by Crippen LogP contribution is -2.12. The van der Waals surface area contributed by atoms with E-state index in [1.807, 2.05) is 6.07 Å². The second-order valence-corrected chi connectivity index (χ2v) is 5.18. The van der Waals surface area contributed by atoms with Gasteiger partial charge >= 0.3 is 0 Å². The van der Waals surface area contributed by atoms with Crippen LogP contribution in [0.1, 0.15) is 16.1 Å². The first kappa shape index (κ1) is 12.3. The van der Waals surface area contributed by atoms with Crippen LogP contribution in [0.2, 0.25) is 0 Å². The van der Waals surface area contributed by atoms with Crippen molar-refractivity contribution in [2.45, 2.75) is 6.92 Å². The Kier molecular flexibility index (Phi) is 3.63. The van der Waals surface area contributed by atoms with Crippen molar-refractivity contribution >= 4 is 43.7 Å². The molecular weight excluding hydrogens is 352 g/mol. The van der Waals surface area contributed by atoms with E-state index in [-0.39, 0.29) is 5.91 Å². The van der Waals surface area contributed by atoms with Crippen molar-refractivity contribution in [1.82, 2.24) is 5.16 Å². The van der Waals surface area contributed by atoms with Gasteiger partial charge in [-0.25, -0.2) is 0 Å². The molecule has 0 bridgehead atoms. The summed E-state index contributed by atoms with van der Waals surface area (Å²) in [4.78, 5) is 11.9. The van der Waals surface area contributed by atoms with Gasteiger partial charge in [0.25, 0.3) is 5.91 Å². The minimum Gasteiger partial charge on any atom is -0.338 e. The van der Waals surface area contributed by atoms with Crippen molar-refractivity contribution in [1.29, 1.82) is 0 Å². The van der Waals surface area contributed by atoms with Crippen molar-refractivity contribution in [2.75, 3.05) is 5.32 Å². The zero-order valence-electron chi connectivity index (χ0n) is 8.83. The molecule has 0 aliphatic carbocycles. The lowest BCUT2D eigenvalue weighted by molar-refractivity contribution is 0.102. The molecule has 0 aliphatic heterocycles. The van der Waals surface area contributed by atoms with Gasteiger partial charge in [0, 0.05) is 15.0 Å². The van der Waals surface area contributed by atoms with Crippen molar-refractivity contribution in [3.8, 4) is 0 Å². The summed E-state index contributed by atoms with van der Waals surface area (Å²) in [5.41, 5.74) is 1.24. The molecule has 0 unspecified atom stereocenters. The first-order valence-electron chi connectivity index (χ1n) is 4.76. The number of carbonyl (C=O) groups is 1. The van der Waals surface area contributed by atoms with Gasteiger partial charge in [-0.15, -0.1) is 0 Å². The molecule has 0 aliphatic rings. The van der Waals surface area contributed by atoms with E-state index in [0.29, 0.717) is 17.1 Å². The Balaban J connectivity index is 2.22. The van der Waals surface area contributed by atoms with E-state index in [2.05, 4.69) is 42.3 Å². The largest absolute Gasteiger partial charge is 0.338 e. The normalized spacial score (nSPS) is 10.3. The predicted molar refractivity (Wildman–Crippen MR) is 71.0 cm³/mol. The molecule has 1 amide bonds. The SMILES string of the molecule is Cc1cc(NC(=O)c2cc(Br)ccc2Br)on1. The maximum atomic E-state index is 11.9. The third-order valence-electron chi connectivity index (χ3n) is 2.04. The molecule has 17 heavy (non-hydrogen) atoms. The lowest BCUT2D eigenvalue weighted by atomic mass is 10.2. The Morgan fingerprint density at radius 3 is 2.76 bits per heavy atom. The summed E-state index contributed by atoms with van der Waals surface area (Å²) in [5.74, 6) is 0.0775. The first-order valence-corrected chi connectivity index (χ1v) is 6.34. The highest BCUT2D eigenvalue weighted by Gasteiger charge is 2.12. The van der Waals surface area contributed by atoms with Crippen LogP contribution in [-0.4, -0.2) is 11.1 Å². The highest BCUT2D eigenvalue weighted by molar-refractivity contribution is 9.11. The van der Waals surface area contributed by atoms with Crippen LogP contribution < -0.4 is 5.32 Å². The van der Waals surface area contributed by atoms with E-state index in [4.69, 9.17) is 4.52 Å². The van der Waals surface area contributed by atoms with Crippen LogP contribution in [-0.2, 0) is 0 Å². The molecule has 1 aromatic carbocycles. The van der Waals surface area contributed by atoms with E-state index in [9.17, 15) is 4.79 Å². The van der Waals surface area contributed by atoms with Gasteiger partial charge in [0.2, 0.25) is 5.88 Å². The number of nitrogens with one attached hydrogen (secondary N) is 1. The number of carbonyl (C=O) groups excluding carboxylic acids is 1. The number of aryl methyl sites for hydroxylation is 1. The third-order valence-corrected chi connectivity index (χ3v) is 3.22. The van der Waals surface area contributed by atoms with E-state index in [1.54, 1.807) is 25.1 Å². The Morgan fingerprint density at radius 1 is 1.35 bits per heavy atom. The Morgan fingerprint density at radius 2 is 2.12 bits per heavy atom. The number of hydrogen-bond acceptors (Lipinski definition) is 3. The van der Waals surface area contributed by atoms with Crippen LogP contribution in [0, 0.1) is 6.92 Å². The highest BCUT2D eigenvalue weighted by Crippen LogP contribution is 2.22. The van der Waals surface area contributed by atoms with Gasteiger partial charge in [-0.05, 0) is 41.1 Å². The Labute approximate surface area is 115 Å². The molecule has 0 atom stereocenters. The second kappa shape index (κ2) is 5.01. The number of nitrogens with zero attached hydrogens (tertiary/aromatic N) is 1. The van der Waals surface area contributed by atoms with Crippen molar-refractivity contribution in [3.05, 3.63) is 44.5 Å². The molecule has 0 saturated carbocycles. The van der Waals surface area contributed by atoms with E-state index in [1.165, 1.54) is 0 Å². The van der Waals surface area contributed by atoms with Gasteiger partial charge in [-0.3, -0.25) is 10.1 Å². The minimum atomic E-state index is -0.255. The average molecular weight is 360 g/mol. The predicted octanol–water partition coefficient (Wildman–Crippen LogP) is 3.76. The van der Waals surface area contributed by atoms with E-state index < -0.39 is 0 Å². The fraction of sp³-hybridized carbons (Fsp3) is 0.0909. The zero-order valence-corrected chi connectivity index (χ0v) is 12.0. The lowest BCUT2D eigenvalue weighted by Gasteiger charge is -2.04. The first-order chi connectivity index (χ1) is 8.06. The zero-order chi connectivity index (χ0) is 12.4. The number of anilines is 1. The summed E-state index contributed by atoms with van der Waals surface area (Å²) in [7, 11) is 0. The highest BCUT2D eigenvalue weighted by atomic mass is 79.9. The maximum Gasteiger partial charge on any atom is 0.259 e. The van der Waals surface area contributed by atoms with Crippen molar-refractivity contribution in [3.63, 3.8) is 0 Å². The number of halogens is 2. The average Bonchev–Trinajstić information content (AvgIpc) is 2.67. The summed E-state index contributed by atoms with van der Waals surface area (Å²) < 4.78 is 6.47. The van der Waals surface area contributed by atoms with Crippen LogP contribution in [0.15, 0.2) is 37.7 Å². The van der Waals surface area contributed by atoms with Crippen LogP contribution in [0.5, 0.6) is 0 Å². The quantitative estimate of drug-likeness (QED) is 0.888. The maximum absolute atomic E-state index is 11.9. The molecule has 1 heterocycles. The van der Waals surface area contributed by atoms with Gasteiger partial charge in [-0.1, -0.05) is 21.1 Å². The summed E-state index contributed by atoms with van der Waals surface area (Å²) in [6, 6.07) is 7.02. The number of benzene rings is 1. The van der Waals surface area contributed by atoms with Crippen LogP contribution in [0.4, 0.5) is 5.88 Å². The molecule has 2 rings (SSSR count). The monoisotopic (exact) mass is 358 g/mol. The molecule has 4 nitrogen and oxygen atoms in total. The molecule has 1 N–H and O–H groups in total. The fourth-order valence-corrected chi connectivity index (χ4v) is 2.06. The molecule has 0 fully saturated rings. The van der Waals surface area contributed by atoms with Crippen molar-refractivity contribution in [2.24, 2.45) is 0 Å². The summed E-state index contributed by atoms with van der Waals surface area (Å²) in [6.07, 6.45) is 0. The van der Waals surface area contributed by atoms with Gasteiger partial charge in [0.1, 0.15) is 0 Å². The number of hydrogen-bond donors (Lipinski definition) is 1. The number of aromatic nitrogens is 1. The molecular formula is C11H8Br2N2O2. The van der Waals surface area contributed by atoms with E-state index >= 15 is 0 Å². The standard InChI is InChI=1S/C11H8Br2N2O2/c1-6-4-10(17-15-6)14-11(16)8-5-7(12)2-3-9(8)13/h2-5H,1H3,(H,14,16). The third kappa shape index (κ3) is 2.95. The molecule has 6 heteroatoms. The molecule has 0 spiro atoms. The van der Waals surface area contributed by atoms with Gasteiger partial charge in [0.05, 0.1) is 11.3 Å². The van der Waals surface area contributed by atoms with Crippen LogP contribution in [0.3, 0.4) is 0 Å². The van der Waals surface area contributed by atoms with Gasteiger partial charge < -0.3 is 4.52 Å². The topological polar surface area (TPSA) is 55.1 Å². The second-order valence-electron chi connectivity index (χ2n) is 3.41. The molecule has 0 radical (unpaired) electrons.